The molecule has 0 aliphatic rings. The van der Waals surface area contributed by atoms with E-state index in [4.69, 9.17) is 23.2 Å². The Morgan fingerprint density at radius 2 is 2.15 bits per heavy atom. The van der Waals surface area contributed by atoms with Gasteiger partial charge in [-0.25, -0.2) is 0 Å². The lowest BCUT2D eigenvalue weighted by Gasteiger charge is -2.09. The fourth-order valence-corrected chi connectivity index (χ4v) is 1.52. The SMILES string of the molecule is O=CCC(O)c1ccc(Cl)cc1Cl. The number of carbonyl (C=O) groups excluding carboxylic acids is 1. The van der Waals surface area contributed by atoms with Crippen LogP contribution in [0, 0.1) is 0 Å². The Hall–Kier alpha value is -0.570. The van der Waals surface area contributed by atoms with Crippen LogP contribution in [0.4, 0.5) is 0 Å². The van der Waals surface area contributed by atoms with Crippen LogP contribution in [0.1, 0.15) is 18.1 Å². The molecule has 2 nitrogen and oxygen atoms in total. The van der Waals surface area contributed by atoms with Crippen LogP contribution in [0.5, 0.6) is 0 Å². The molecular formula is C9H8Cl2O2. The molecule has 1 aromatic rings. The summed E-state index contributed by atoms with van der Waals surface area (Å²) in [5, 5.41) is 10.3. The van der Waals surface area contributed by atoms with Crippen LogP contribution in [-0.2, 0) is 4.79 Å². The minimum Gasteiger partial charge on any atom is -0.388 e. The largest absolute Gasteiger partial charge is 0.388 e. The van der Waals surface area contributed by atoms with Gasteiger partial charge in [0.25, 0.3) is 0 Å². The van der Waals surface area contributed by atoms with Crippen LogP contribution >= 0.6 is 23.2 Å². The monoisotopic (exact) mass is 218 g/mol. The summed E-state index contributed by atoms with van der Waals surface area (Å²) in [4.78, 5) is 10.1. The zero-order chi connectivity index (χ0) is 9.84. The van der Waals surface area contributed by atoms with Crippen molar-refractivity contribution in [2.45, 2.75) is 12.5 Å². The highest BCUT2D eigenvalue weighted by atomic mass is 35.5. The van der Waals surface area contributed by atoms with Gasteiger partial charge in [-0.15, -0.1) is 0 Å². The van der Waals surface area contributed by atoms with Gasteiger partial charge in [0.2, 0.25) is 0 Å². The molecule has 0 aromatic heterocycles. The molecule has 0 saturated heterocycles. The average Bonchev–Trinajstić information content (AvgIpc) is 2.04. The lowest BCUT2D eigenvalue weighted by molar-refractivity contribution is -0.109. The molecule has 0 heterocycles. The van der Waals surface area contributed by atoms with Crippen molar-refractivity contribution in [2.75, 3.05) is 0 Å². The minimum atomic E-state index is -0.845. The molecule has 0 aliphatic heterocycles. The van der Waals surface area contributed by atoms with Gasteiger partial charge in [0.1, 0.15) is 6.29 Å². The molecule has 1 N–H and O–H groups in total. The summed E-state index contributed by atoms with van der Waals surface area (Å²) in [6.07, 6.45) is -0.154. The molecule has 1 atom stereocenters. The number of halogens is 2. The molecule has 1 unspecified atom stereocenters. The van der Waals surface area contributed by atoms with Crippen molar-refractivity contribution in [2.24, 2.45) is 0 Å². The fraction of sp³-hybridized carbons (Fsp3) is 0.222. The highest BCUT2D eigenvalue weighted by Gasteiger charge is 2.10. The Morgan fingerprint density at radius 1 is 1.46 bits per heavy atom. The molecule has 70 valence electrons. The number of benzene rings is 1. The molecule has 0 aliphatic carbocycles. The summed E-state index contributed by atoms with van der Waals surface area (Å²) in [7, 11) is 0. The van der Waals surface area contributed by atoms with Crippen LogP contribution in [0.15, 0.2) is 18.2 Å². The molecule has 0 spiro atoms. The van der Waals surface area contributed by atoms with Crippen LogP contribution in [0.25, 0.3) is 0 Å². The third-order valence-electron chi connectivity index (χ3n) is 1.64. The summed E-state index contributed by atoms with van der Waals surface area (Å²) in [6, 6.07) is 4.77. The molecular weight excluding hydrogens is 211 g/mol. The van der Waals surface area contributed by atoms with Gasteiger partial charge in [-0.1, -0.05) is 29.3 Å². The molecule has 0 radical (unpaired) electrons. The first kappa shape index (κ1) is 10.5. The predicted octanol–water partition coefficient (Wildman–Crippen LogP) is 2.62. The molecule has 13 heavy (non-hydrogen) atoms. The Kier molecular flexibility index (Phi) is 3.72. The highest BCUT2D eigenvalue weighted by molar-refractivity contribution is 6.35. The van der Waals surface area contributed by atoms with Gasteiger partial charge in [0.15, 0.2) is 0 Å². The zero-order valence-electron chi connectivity index (χ0n) is 6.71. The summed E-state index contributed by atoms with van der Waals surface area (Å²) < 4.78 is 0. The van der Waals surface area contributed by atoms with Gasteiger partial charge in [-0.2, -0.15) is 0 Å². The van der Waals surface area contributed by atoms with Gasteiger partial charge in [0.05, 0.1) is 6.10 Å². The van der Waals surface area contributed by atoms with Crippen LogP contribution in [-0.4, -0.2) is 11.4 Å². The van der Waals surface area contributed by atoms with Crippen molar-refractivity contribution in [3.05, 3.63) is 33.8 Å². The highest BCUT2D eigenvalue weighted by Crippen LogP contribution is 2.27. The third-order valence-corrected chi connectivity index (χ3v) is 2.20. The summed E-state index contributed by atoms with van der Waals surface area (Å²) in [6.45, 7) is 0. The predicted molar refractivity (Wildman–Crippen MR) is 52.1 cm³/mol. The molecule has 4 heteroatoms. The zero-order valence-corrected chi connectivity index (χ0v) is 8.22. The van der Waals surface area contributed by atoms with Crippen molar-refractivity contribution < 1.29 is 9.90 Å². The smallest absolute Gasteiger partial charge is 0.122 e. The van der Waals surface area contributed by atoms with Gasteiger partial charge >= 0.3 is 0 Å². The van der Waals surface area contributed by atoms with Crippen molar-refractivity contribution in [3.63, 3.8) is 0 Å². The standard InChI is InChI=1S/C9H8Cl2O2/c10-6-1-2-7(8(11)5-6)9(13)3-4-12/h1-2,4-5,9,13H,3H2. The van der Waals surface area contributed by atoms with Gasteiger partial charge < -0.3 is 9.90 Å². The molecule has 1 aromatic carbocycles. The van der Waals surface area contributed by atoms with E-state index in [9.17, 15) is 9.90 Å². The summed E-state index contributed by atoms with van der Waals surface area (Å²) >= 11 is 11.5. The second kappa shape index (κ2) is 4.61. The van der Waals surface area contributed by atoms with Crippen LogP contribution < -0.4 is 0 Å². The Balaban J connectivity index is 2.94. The first-order valence-corrected chi connectivity index (χ1v) is 4.47. The lowest BCUT2D eigenvalue weighted by atomic mass is 10.1. The number of aldehydes is 1. The topological polar surface area (TPSA) is 37.3 Å². The maximum Gasteiger partial charge on any atom is 0.122 e. The van der Waals surface area contributed by atoms with E-state index >= 15 is 0 Å². The first-order valence-electron chi connectivity index (χ1n) is 3.72. The Bertz CT molecular complexity index is 312. The number of rotatable bonds is 3. The number of carbonyl (C=O) groups is 1. The van der Waals surface area contributed by atoms with Crippen molar-refractivity contribution in [3.8, 4) is 0 Å². The van der Waals surface area contributed by atoms with Crippen LogP contribution in [0.2, 0.25) is 10.0 Å². The first-order chi connectivity index (χ1) is 6.15. The molecule has 0 fully saturated rings. The minimum absolute atomic E-state index is 0.0430. The van der Waals surface area contributed by atoms with E-state index in [1.54, 1.807) is 12.1 Å². The molecule has 0 amide bonds. The number of aliphatic hydroxyl groups excluding tert-OH is 1. The summed E-state index contributed by atoms with van der Waals surface area (Å²) in [5.41, 5.74) is 0.526. The maximum atomic E-state index is 10.1. The van der Waals surface area contributed by atoms with Crippen molar-refractivity contribution in [1.82, 2.24) is 0 Å². The van der Waals surface area contributed by atoms with Gasteiger partial charge in [-0.3, -0.25) is 0 Å². The second-order valence-corrected chi connectivity index (χ2v) is 3.43. The Morgan fingerprint density at radius 3 is 2.69 bits per heavy atom. The third kappa shape index (κ3) is 2.69. The lowest BCUT2D eigenvalue weighted by Crippen LogP contribution is -1.98. The molecule has 1 rings (SSSR count). The maximum absolute atomic E-state index is 10.1. The van der Waals surface area contributed by atoms with Crippen molar-refractivity contribution >= 4 is 29.5 Å². The number of aliphatic hydroxyl groups is 1. The van der Waals surface area contributed by atoms with Gasteiger partial charge in [-0.05, 0) is 17.7 Å². The van der Waals surface area contributed by atoms with E-state index in [-0.39, 0.29) is 6.42 Å². The molecule has 0 saturated carbocycles. The Labute approximate surface area is 86.1 Å². The van der Waals surface area contributed by atoms with E-state index < -0.39 is 6.10 Å². The quantitative estimate of drug-likeness (QED) is 0.793. The fourth-order valence-electron chi connectivity index (χ4n) is 0.990. The average molecular weight is 219 g/mol. The van der Waals surface area contributed by atoms with E-state index in [2.05, 4.69) is 0 Å². The van der Waals surface area contributed by atoms with E-state index in [1.807, 2.05) is 0 Å². The normalized spacial score (nSPS) is 12.5. The van der Waals surface area contributed by atoms with E-state index in [0.29, 0.717) is 21.9 Å². The summed E-state index contributed by atoms with van der Waals surface area (Å²) in [5.74, 6) is 0. The van der Waals surface area contributed by atoms with Crippen molar-refractivity contribution in [1.29, 1.82) is 0 Å². The van der Waals surface area contributed by atoms with Gasteiger partial charge in [0, 0.05) is 16.5 Å². The second-order valence-electron chi connectivity index (χ2n) is 2.58. The van der Waals surface area contributed by atoms with E-state index in [1.165, 1.54) is 6.07 Å². The molecule has 0 bridgehead atoms. The van der Waals surface area contributed by atoms with Crippen LogP contribution in [0.3, 0.4) is 0 Å². The number of hydrogen-bond acceptors (Lipinski definition) is 2. The number of hydrogen-bond donors (Lipinski definition) is 1. The van der Waals surface area contributed by atoms with E-state index in [0.717, 1.165) is 0 Å².